The van der Waals surface area contributed by atoms with E-state index in [2.05, 4.69) is 45.7 Å². The predicted octanol–water partition coefficient (Wildman–Crippen LogP) is 20.0. The van der Waals surface area contributed by atoms with Gasteiger partial charge in [0, 0.05) is 28.6 Å². The van der Waals surface area contributed by atoms with E-state index >= 15 is 0 Å². The number of carbonyl (C=O) groups excluding carboxylic acids is 2. The van der Waals surface area contributed by atoms with Crippen molar-refractivity contribution in [3.05, 3.63) is 18.7 Å². The standard InChI is InChI=1S/C50H86Br2O2S2/c1-3-5-7-9-11-13-15-17-19-21-23-25-27-29-31-33-35-37-39-41-44(54)48-47(52)50-49(56-48)46(51)45(55-50)42-43(53)40-38-36-34-32-30-28-26-24-22-20-18-16-14-12-10-8-6-4-2/h3-42H2,1-2H3. The Kier molecular flexibility index (Phi) is 34.2. The third kappa shape index (κ3) is 25.6. The minimum absolute atomic E-state index is 0.260. The molecule has 2 heterocycles. The number of ketones is 2. The molecule has 0 atom stereocenters. The smallest absolute Gasteiger partial charge is 0.174 e. The summed E-state index contributed by atoms with van der Waals surface area (Å²) in [4.78, 5) is 28.0. The Bertz CT molecular complexity index is 1230. The highest BCUT2D eigenvalue weighted by Crippen LogP contribution is 2.47. The van der Waals surface area contributed by atoms with Gasteiger partial charge in [-0.05, 0) is 44.7 Å². The Morgan fingerprint density at radius 2 is 0.661 bits per heavy atom. The first-order valence-corrected chi connectivity index (χ1v) is 27.7. The lowest BCUT2D eigenvalue weighted by atomic mass is 10.0. The summed E-state index contributed by atoms with van der Waals surface area (Å²) in [6.07, 6.45) is 52.3. The maximum absolute atomic E-state index is 13.1. The van der Waals surface area contributed by atoms with E-state index in [9.17, 15) is 9.59 Å². The molecule has 0 saturated heterocycles. The van der Waals surface area contributed by atoms with Crippen molar-refractivity contribution in [1.29, 1.82) is 0 Å². The number of fused-ring (bicyclic) bond motifs is 1. The Morgan fingerprint density at radius 3 is 0.982 bits per heavy atom. The number of halogens is 2. The first-order valence-electron chi connectivity index (χ1n) is 24.4. The van der Waals surface area contributed by atoms with Gasteiger partial charge in [-0.1, -0.05) is 239 Å². The summed E-state index contributed by atoms with van der Waals surface area (Å²) in [7, 11) is 0. The van der Waals surface area contributed by atoms with Gasteiger partial charge in [-0.2, -0.15) is 0 Å². The molecule has 2 nitrogen and oxygen atoms in total. The average molecular weight is 943 g/mol. The third-order valence-electron chi connectivity index (χ3n) is 11.9. The van der Waals surface area contributed by atoms with Gasteiger partial charge in [-0.25, -0.2) is 0 Å². The molecule has 0 fully saturated rings. The van der Waals surface area contributed by atoms with Crippen LogP contribution >= 0.6 is 54.5 Å². The van der Waals surface area contributed by atoms with Gasteiger partial charge in [0.25, 0.3) is 0 Å². The highest BCUT2D eigenvalue weighted by atomic mass is 79.9. The molecule has 56 heavy (non-hydrogen) atoms. The van der Waals surface area contributed by atoms with Crippen LogP contribution < -0.4 is 0 Å². The number of carbonyl (C=O) groups is 2. The lowest BCUT2D eigenvalue weighted by molar-refractivity contribution is -0.118. The lowest BCUT2D eigenvalue weighted by Crippen LogP contribution is -2.01. The molecule has 0 aliphatic rings. The normalized spacial score (nSPS) is 11.7. The molecule has 0 aromatic carbocycles. The summed E-state index contributed by atoms with van der Waals surface area (Å²) in [5.41, 5.74) is 0. The fourth-order valence-corrected chi connectivity index (χ4v) is 12.6. The molecule has 0 spiro atoms. The van der Waals surface area contributed by atoms with Crippen molar-refractivity contribution in [2.75, 3.05) is 0 Å². The van der Waals surface area contributed by atoms with Gasteiger partial charge >= 0.3 is 0 Å². The van der Waals surface area contributed by atoms with E-state index in [-0.39, 0.29) is 5.78 Å². The van der Waals surface area contributed by atoms with Crippen LogP contribution in [-0.2, 0) is 11.2 Å². The summed E-state index contributed by atoms with van der Waals surface area (Å²) >= 11 is 10.8. The third-order valence-corrected chi connectivity index (χ3v) is 17.2. The Hall–Kier alpha value is -0.0400. The molecule has 2 aromatic rings. The Labute approximate surface area is 372 Å². The van der Waals surface area contributed by atoms with Gasteiger partial charge in [0.2, 0.25) is 0 Å². The van der Waals surface area contributed by atoms with Crippen LogP contribution in [0.15, 0.2) is 8.95 Å². The first kappa shape index (κ1) is 52.1. The molecule has 0 N–H and O–H groups in total. The quantitative estimate of drug-likeness (QED) is 0.0491. The van der Waals surface area contributed by atoms with Crippen LogP contribution in [0.2, 0.25) is 0 Å². The van der Waals surface area contributed by atoms with Crippen LogP contribution in [0.5, 0.6) is 0 Å². The molecule has 0 amide bonds. The molecule has 0 radical (unpaired) electrons. The largest absolute Gasteiger partial charge is 0.299 e. The predicted molar refractivity (Wildman–Crippen MR) is 260 cm³/mol. The summed E-state index contributed by atoms with van der Waals surface area (Å²) in [5.74, 6) is 0.601. The van der Waals surface area contributed by atoms with Gasteiger partial charge in [0.05, 0.1) is 18.7 Å². The van der Waals surface area contributed by atoms with E-state index in [4.69, 9.17) is 0 Å². The minimum Gasteiger partial charge on any atom is -0.299 e. The first-order chi connectivity index (χ1) is 27.5. The highest BCUT2D eigenvalue weighted by molar-refractivity contribution is 9.11. The number of hydrogen-bond acceptors (Lipinski definition) is 4. The molecule has 0 bridgehead atoms. The van der Waals surface area contributed by atoms with Gasteiger partial charge in [-0.3, -0.25) is 9.59 Å². The maximum atomic E-state index is 13.1. The molecular weight excluding hydrogens is 856 g/mol. The van der Waals surface area contributed by atoms with Crippen molar-refractivity contribution in [2.45, 2.75) is 271 Å². The Morgan fingerprint density at radius 1 is 0.375 bits per heavy atom. The molecule has 6 heteroatoms. The topological polar surface area (TPSA) is 34.1 Å². The van der Waals surface area contributed by atoms with Crippen molar-refractivity contribution >= 4 is 75.5 Å². The SMILES string of the molecule is CCCCCCCCCCCCCCCCCCCCCC(=O)c1sc2c(Br)c(CC(=O)CCCCCCCCCCCCCCCCCCCC)sc2c1Br. The van der Waals surface area contributed by atoms with Gasteiger partial charge in [-0.15, -0.1) is 22.7 Å². The van der Waals surface area contributed by atoms with Gasteiger partial charge in [0.1, 0.15) is 5.78 Å². The number of hydrogen-bond donors (Lipinski definition) is 0. The monoisotopic (exact) mass is 940 g/mol. The fourth-order valence-electron chi connectivity index (χ4n) is 8.19. The average Bonchev–Trinajstić information content (AvgIpc) is 3.68. The lowest BCUT2D eigenvalue weighted by Gasteiger charge is -2.04. The van der Waals surface area contributed by atoms with E-state index in [1.807, 2.05) is 0 Å². The van der Waals surface area contributed by atoms with Crippen LogP contribution in [0.3, 0.4) is 0 Å². The van der Waals surface area contributed by atoms with E-state index in [1.54, 1.807) is 22.7 Å². The van der Waals surface area contributed by atoms with Crippen molar-refractivity contribution in [1.82, 2.24) is 0 Å². The van der Waals surface area contributed by atoms with Crippen LogP contribution in [0.1, 0.15) is 279 Å². The zero-order valence-electron chi connectivity index (χ0n) is 36.7. The molecular formula is C50H86Br2O2S2. The summed E-state index contributed by atoms with van der Waals surface area (Å²) in [6.45, 7) is 4.59. The van der Waals surface area contributed by atoms with E-state index in [0.717, 1.165) is 47.4 Å². The van der Waals surface area contributed by atoms with E-state index in [0.29, 0.717) is 25.0 Å². The summed E-state index contributed by atoms with van der Waals surface area (Å²) < 4.78 is 4.20. The Balaban J connectivity index is 1.44. The van der Waals surface area contributed by atoms with Crippen molar-refractivity contribution in [3.63, 3.8) is 0 Å². The van der Waals surface area contributed by atoms with Crippen LogP contribution in [0, 0.1) is 0 Å². The van der Waals surface area contributed by atoms with Gasteiger partial charge in [0.15, 0.2) is 5.78 Å². The zero-order chi connectivity index (χ0) is 40.3. The summed E-state index contributed by atoms with van der Waals surface area (Å²) in [5, 5.41) is 0. The maximum Gasteiger partial charge on any atom is 0.174 e. The molecule has 0 saturated carbocycles. The van der Waals surface area contributed by atoms with Crippen molar-refractivity contribution < 1.29 is 9.59 Å². The second-order valence-corrected chi connectivity index (χ2v) is 21.0. The second-order valence-electron chi connectivity index (χ2n) is 17.3. The van der Waals surface area contributed by atoms with Crippen molar-refractivity contribution in [2.24, 2.45) is 0 Å². The van der Waals surface area contributed by atoms with Crippen LogP contribution in [-0.4, -0.2) is 11.6 Å². The summed E-state index contributed by atoms with van der Waals surface area (Å²) in [6, 6.07) is 0. The highest BCUT2D eigenvalue weighted by Gasteiger charge is 2.23. The van der Waals surface area contributed by atoms with E-state index < -0.39 is 0 Å². The number of unbranched alkanes of at least 4 members (excludes halogenated alkanes) is 35. The number of thiophene rings is 2. The zero-order valence-corrected chi connectivity index (χ0v) is 41.5. The fraction of sp³-hybridized carbons (Fsp3) is 0.840. The minimum atomic E-state index is 0.260. The molecule has 2 aromatic heterocycles. The number of Topliss-reactive ketones (excluding diaryl/α,β-unsaturated/α-hetero) is 2. The molecule has 324 valence electrons. The second kappa shape index (κ2) is 36.8. The molecule has 0 aliphatic carbocycles. The van der Waals surface area contributed by atoms with Gasteiger partial charge < -0.3 is 0 Å². The molecule has 0 aliphatic heterocycles. The molecule has 2 rings (SSSR count). The number of rotatable bonds is 42. The van der Waals surface area contributed by atoms with Crippen LogP contribution in [0.25, 0.3) is 9.40 Å². The van der Waals surface area contributed by atoms with E-state index in [1.165, 1.54) is 218 Å². The van der Waals surface area contributed by atoms with Crippen LogP contribution in [0.4, 0.5) is 0 Å². The van der Waals surface area contributed by atoms with Crippen molar-refractivity contribution in [3.8, 4) is 0 Å². The molecule has 0 unspecified atom stereocenters.